The first-order chi connectivity index (χ1) is 9.88. The average Bonchev–Trinajstić information content (AvgIpc) is 2.82. The molecule has 1 heterocycles. The lowest BCUT2D eigenvalue weighted by Crippen LogP contribution is -2.08. The van der Waals surface area contributed by atoms with Gasteiger partial charge in [0.1, 0.15) is 5.75 Å². The molecule has 0 saturated carbocycles. The van der Waals surface area contributed by atoms with Crippen LogP contribution in [0.4, 0.5) is 0 Å². The SMILES string of the molecule is CCCn1c(-c2cc(C)ccc2OC)nnc1S(=O)(=O)Cl. The highest BCUT2D eigenvalue weighted by Crippen LogP contribution is 2.31. The fourth-order valence-electron chi connectivity index (χ4n) is 2.09. The van der Waals surface area contributed by atoms with Gasteiger partial charge in [-0.05, 0) is 25.5 Å². The molecule has 21 heavy (non-hydrogen) atoms. The summed E-state index contributed by atoms with van der Waals surface area (Å²) < 4.78 is 30.0. The van der Waals surface area contributed by atoms with Crippen LogP contribution in [-0.4, -0.2) is 30.3 Å². The van der Waals surface area contributed by atoms with Gasteiger partial charge in [0.2, 0.25) is 0 Å². The predicted molar refractivity (Wildman–Crippen MR) is 80.1 cm³/mol. The molecule has 0 saturated heterocycles. The maximum absolute atomic E-state index is 11.6. The lowest BCUT2D eigenvalue weighted by Gasteiger charge is -2.11. The molecular weight excluding hydrogens is 314 g/mol. The number of aromatic nitrogens is 3. The molecule has 0 amide bonds. The van der Waals surface area contributed by atoms with Crippen LogP contribution in [0, 0.1) is 6.92 Å². The Hall–Kier alpha value is -1.60. The van der Waals surface area contributed by atoms with Crippen molar-refractivity contribution in [3.05, 3.63) is 23.8 Å². The van der Waals surface area contributed by atoms with E-state index in [4.69, 9.17) is 15.4 Å². The van der Waals surface area contributed by atoms with Crippen molar-refractivity contribution in [2.75, 3.05) is 7.11 Å². The molecule has 0 aliphatic heterocycles. The zero-order valence-electron chi connectivity index (χ0n) is 12.0. The monoisotopic (exact) mass is 329 g/mol. The van der Waals surface area contributed by atoms with Crippen LogP contribution < -0.4 is 4.74 Å². The molecule has 8 heteroatoms. The van der Waals surface area contributed by atoms with Gasteiger partial charge in [-0.15, -0.1) is 10.2 Å². The fourth-order valence-corrected chi connectivity index (χ4v) is 3.01. The van der Waals surface area contributed by atoms with Crippen LogP contribution in [0.3, 0.4) is 0 Å². The normalized spacial score (nSPS) is 11.6. The largest absolute Gasteiger partial charge is 0.496 e. The maximum Gasteiger partial charge on any atom is 0.296 e. The molecule has 6 nitrogen and oxygen atoms in total. The summed E-state index contributed by atoms with van der Waals surface area (Å²) in [5, 5.41) is 7.47. The molecule has 0 radical (unpaired) electrons. The topological polar surface area (TPSA) is 74.1 Å². The van der Waals surface area contributed by atoms with Gasteiger partial charge in [0.25, 0.3) is 14.2 Å². The van der Waals surface area contributed by atoms with E-state index in [0.717, 1.165) is 12.0 Å². The average molecular weight is 330 g/mol. The van der Waals surface area contributed by atoms with E-state index in [1.807, 2.05) is 32.0 Å². The van der Waals surface area contributed by atoms with Crippen LogP contribution in [0.5, 0.6) is 5.75 Å². The summed E-state index contributed by atoms with van der Waals surface area (Å²) in [7, 11) is 3.02. The second-order valence-corrected chi connectivity index (χ2v) is 7.06. The number of rotatable bonds is 5. The summed E-state index contributed by atoms with van der Waals surface area (Å²) in [6.45, 7) is 4.31. The Bertz CT molecular complexity index is 756. The van der Waals surface area contributed by atoms with Crippen molar-refractivity contribution in [2.24, 2.45) is 0 Å². The highest BCUT2D eigenvalue weighted by Gasteiger charge is 2.24. The Labute approximate surface area is 128 Å². The molecule has 0 bridgehead atoms. The standard InChI is InChI=1S/C13H16ClN3O3S/c1-4-7-17-12(15-16-13(17)21(14,18)19)10-8-9(2)5-6-11(10)20-3/h5-6,8H,4,7H2,1-3H3. The number of ether oxygens (including phenoxy) is 1. The lowest BCUT2D eigenvalue weighted by molar-refractivity contribution is 0.415. The minimum atomic E-state index is -3.95. The smallest absolute Gasteiger partial charge is 0.296 e. The minimum absolute atomic E-state index is 0.246. The zero-order valence-corrected chi connectivity index (χ0v) is 13.6. The van der Waals surface area contributed by atoms with E-state index in [1.54, 1.807) is 7.11 Å². The Balaban J connectivity index is 2.70. The highest BCUT2D eigenvalue weighted by atomic mass is 35.7. The van der Waals surface area contributed by atoms with Crippen LogP contribution in [0.2, 0.25) is 0 Å². The Morgan fingerprint density at radius 1 is 1.33 bits per heavy atom. The number of benzene rings is 1. The van der Waals surface area contributed by atoms with E-state index in [-0.39, 0.29) is 5.16 Å². The number of aryl methyl sites for hydroxylation is 1. The molecule has 0 atom stereocenters. The molecule has 0 aliphatic carbocycles. The molecule has 0 unspecified atom stereocenters. The zero-order chi connectivity index (χ0) is 15.6. The third-order valence-corrected chi connectivity index (χ3v) is 4.13. The molecule has 114 valence electrons. The fraction of sp³-hybridized carbons (Fsp3) is 0.385. The molecule has 0 aliphatic rings. The summed E-state index contributed by atoms with van der Waals surface area (Å²) >= 11 is 0. The van der Waals surface area contributed by atoms with Crippen LogP contribution >= 0.6 is 10.7 Å². The van der Waals surface area contributed by atoms with Gasteiger partial charge in [0.15, 0.2) is 5.82 Å². The van der Waals surface area contributed by atoms with Gasteiger partial charge in [-0.2, -0.15) is 0 Å². The van der Waals surface area contributed by atoms with Crippen molar-refractivity contribution >= 4 is 19.7 Å². The number of nitrogens with zero attached hydrogens (tertiary/aromatic N) is 3. The van der Waals surface area contributed by atoms with Gasteiger partial charge in [-0.1, -0.05) is 18.6 Å². The predicted octanol–water partition coefficient (Wildman–Crippen LogP) is 2.60. The van der Waals surface area contributed by atoms with E-state index in [9.17, 15) is 8.42 Å². The first kappa shape index (κ1) is 15.8. The van der Waals surface area contributed by atoms with Crippen LogP contribution in [0.25, 0.3) is 11.4 Å². The molecule has 0 N–H and O–H groups in total. The Kier molecular flexibility index (Phi) is 4.53. The second-order valence-electron chi connectivity index (χ2n) is 4.60. The van der Waals surface area contributed by atoms with Crippen LogP contribution in [-0.2, 0) is 15.6 Å². The van der Waals surface area contributed by atoms with Crippen molar-refractivity contribution in [1.82, 2.24) is 14.8 Å². The van der Waals surface area contributed by atoms with E-state index in [0.29, 0.717) is 23.7 Å². The van der Waals surface area contributed by atoms with E-state index < -0.39 is 9.05 Å². The van der Waals surface area contributed by atoms with Crippen molar-refractivity contribution < 1.29 is 13.2 Å². The second kappa shape index (κ2) is 6.03. The van der Waals surface area contributed by atoms with Crippen LogP contribution in [0.1, 0.15) is 18.9 Å². The molecule has 0 fully saturated rings. The van der Waals surface area contributed by atoms with Gasteiger partial charge < -0.3 is 4.74 Å². The van der Waals surface area contributed by atoms with E-state index >= 15 is 0 Å². The minimum Gasteiger partial charge on any atom is -0.496 e. The van der Waals surface area contributed by atoms with Crippen molar-refractivity contribution in [3.63, 3.8) is 0 Å². The molecule has 1 aromatic heterocycles. The number of hydrogen-bond acceptors (Lipinski definition) is 5. The molecule has 2 aromatic rings. The van der Waals surface area contributed by atoms with E-state index in [2.05, 4.69) is 10.2 Å². The summed E-state index contributed by atoms with van der Waals surface area (Å²) in [4.78, 5) is 0. The number of methoxy groups -OCH3 is 1. The quantitative estimate of drug-likeness (QED) is 0.788. The number of hydrogen-bond donors (Lipinski definition) is 0. The third kappa shape index (κ3) is 3.19. The summed E-state index contributed by atoms with van der Waals surface area (Å²) in [6, 6.07) is 5.59. The Morgan fingerprint density at radius 2 is 2.05 bits per heavy atom. The van der Waals surface area contributed by atoms with Crippen LogP contribution in [0.15, 0.2) is 23.4 Å². The molecular formula is C13H16ClN3O3S. The maximum atomic E-state index is 11.6. The van der Waals surface area contributed by atoms with Gasteiger partial charge in [-0.25, -0.2) is 8.42 Å². The lowest BCUT2D eigenvalue weighted by atomic mass is 10.1. The van der Waals surface area contributed by atoms with Gasteiger partial charge in [0, 0.05) is 17.2 Å². The third-order valence-electron chi connectivity index (χ3n) is 2.98. The van der Waals surface area contributed by atoms with Crippen molar-refractivity contribution in [3.8, 4) is 17.1 Å². The highest BCUT2D eigenvalue weighted by molar-refractivity contribution is 8.13. The molecule has 1 aromatic carbocycles. The van der Waals surface area contributed by atoms with Crippen molar-refractivity contribution in [2.45, 2.75) is 32.0 Å². The van der Waals surface area contributed by atoms with E-state index in [1.165, 1.54) is 4.57 Å². The molecule has 0 spiro atoms. The Morgan fingerprint density at radius 3 is 2.62 bits per heavy atom. The summed E-state index contributed by atoms with van der Waals surface area (Å²) in [5.41, 5.74) is 1.69. The summed E-state index contributed by atoms with van der Waals surface area (Å²) in [5.74, 6) is 1.03. The van der Waals surface area contributed by atoms with Crippen molar-refractivity contribution in [1.29, 1.82) is 0 Å². The number of halogens is 1. The van der Waals surface area contributed by atoms with Gasteiger partial charge >= 0.3 is 0 Å². The summed E-state index contributed by atoms with van der Waals surface area (Å²) in [6.07, 6.45) is 0.721. The first-order valence-electron chi connectivity index (χ1n) is 6.41. The first-order valence-corrected chi connectivity index (χ1v) is 8.72. The van der Waals surface area contributed by atoms with Gasteiger partial charge in [-0.3, -0.25) is 4.57 Å². The molecule has 2 rings (SSSR count). The van der Waals surface area contributed by atoms with Gasteiger partial charge in [0.05, 0.1) is 12.7 Å².